The zero-order valence-corrected chi connectivity index (χ0v) is 12.1. The third kappa shape index (κ3) is 2.98. The quantitative estimate of drug-likeness (QED) is 0.916. The lowest BCUT2D eigenvalue weighted by atomic mass is 10.0. The van der Waals surface area contributed by atoms with Crippen LogP contribution in [0, 0.1) is 5.92 Å². The Bertz CT molecular complexity index is 598. The molecule has 1 heterocycles. The van der Waals surface area contributed by atoms with E-state index in [0.29, 0.717) is 17.7 Å². The maximum absolute atomic E-state index is 5.91. The highest BCUT2D eigenvalue weighted by atomic mass is 15.0. The van der Waals surface area contributed by atoms with Crippen LogP contribution in [0.1, 0.15) is 43.9 Å². The summed E-state index contributed by atoms with van der Waals surface area (Å²) in [4.78, 5) is 9.04. The highest BCUT2D eigenvalue weighted by molar-refractivity contribution is 5.57. The molecule has 1 aliphatic rings. The molecule has 1 aromatic heterocycles. The van der Waals surface area contributed by atoms with E-state index >= 15 is 0 Å². The maximum atomic E-state index is 5.91. The lowest BCUT2D eigenvalue weighted by Crippen LogP contribution is -2.00. The summed E-state index contributed by atoms with van der Waals surface area (Å²) in [7, 11) is 0. The number of rotatable bonds is 4. The highest BCUT2D eigenvalue weighted by Gasteiger charge is 2.26. The topological polar surface area (TPSA) is 51.8 Å². The Hall–Kier alpha value is -1.90. The Morgan fingerprint density at radius 1 is 1.15 bits per heavy atom. The first-order valence-electron chi connectivity index (χ1n) is 7.35. The second-order valence-electron chi connectivity index (χ2n) is 6.11. The van der Waals surface area contributed by atoms with E-state index in [-0.39, 0.29) is 0 Å². The molecule has 0 saturated heterocycles. The number of anilines is 1. The third-order valence-corrected chi connectivity index (χ3v) is 3.62. The van der Waals surface area contributed by atoms with Crippen molar-refractivity contribution in [2.45, 2.75) is 39.0 Å². The molecule has 0 atom stereocenters. The average Bonchev–Trinajstić information content (AvgIpc) is 3.22. The van der Waals surface area contributed by atoms with Crippen LogP contribution in [0.4, 0.5) is 5.82 Å². The third-order valence-electron chi connectivity index (χ3n) is 3.62. The van der Waals surface area contributed by atoms with Crippen LogP contribution in [0.3, 0.4) is 0 Å². The SMILES string of the molecule is CC(C)Cc1ccc(-c2nc(N)cc(C3CC3)n2)cc1. The van der Waals surface area contributed by atoms with Crippen LogP contribution in [0.25, 0.3) is 11.4 Å². The molecular weight excluding hydrogens is 246 g/mol. The van der Waals surface area contributed by atoms with Crippen molar-refractivity contribution in [2.75, 3.05) is 5.73 Å². The van der Waals surface area contributed by atoms with E-state index in [1.54, 1.807) is 0 Å². The van der Waals surface area contributed by atoms with Crippen molar-refractivity contribution in [3.8, 4) is 11.4 Å². The molecule has 1 aliphatic carbocycles. The number of nitrogens with zero attached hydrogens (tertiary/aromatic N) is 2. The second kappa shape index (κ2) is 5.23. The van der Waals surface area contributed by atoms with Gasteiger partial charge in [-0.05, 0) is 30.7 Å². The van der Waals surface area contributed by atoms with Crippen LogP contribution >= 0.6 is 0 Å². The molecule has 2 aromatic rings. The summed E-state index contributed by atoms with van der Waals surface area (Å²) in [5.74, 6) is 2.59. The number of hydrogen-bond donors (Lipinski definition) is 1. The number of hydrogen-bond acceptors (Lipinski definition) is 3. The zero-order chi connectivity index (χ0) is 14.1. The predicted octanol–water partition coefficient (Wildman–Crippen LogP) is 3.80. The van der Waals surface area contributed by atoms with Gasteiger partial charge in [-0.1, -0.05) is 38.1 Å². The fourth-order valence-corrected chi connectivity index (χ4v) is 2.46. The van der Waals surface area contributed by atoms with Crippen molar-refractivity contribution in [2.24, 2.45) is 5.92 Å². The van der Waals surface area contributed by atoms with Gasteiger partial charge in [0.05, 0.1) is 0 Å². The summed E-state index contributed by atoms with van der Waals surface area (Å²) in [5.41, 5.74) is 9.41. The van der Waals surface area contributed by atoms with Crippen LogP contribution in [0.2, 0.25) is 0 Å². The van der Waals surface area contributed by atoms with E-state index in [4.69, 9.17) is 5.73 Å². The van der Waals surface area contributed by atoms with Gasteiger partial charge in [-0.15, -0.1) is 0 Å². The van der Waals surface area contributed by atoms with Gasteiger partial charge in [-0.3, -0.25) is 0 Å². The number of aromatic nitrogens is 2. The van der Waals surface area contributed by atoms with E-state index in [1.165, 1.54) is 18.4 Å². The van der Waals surface area contributed by atoms with Gasteiger partial charge >= 0.3 is 0 Å². The lowest BCUT2D eigenvalue weighted by molar-refractivity contribution is 0.647. The first kappa shape index (κ1) is 13.1. The van der Waals surface area contributed by atoms with Crippen LogP contribution in [-0.4, -0.2) is 9.97 Å². The molecule has 0 aliphatic heterocycles. The molecule has 3 heteroatoms. The number of benzene rings is 1. The Morgan fingerprint density at radius 3 is 2.45 bits per heavy atom. The Labute approximate surface area is 120 Å². The zero-order valence-electron chi connectivity index (χ0n) is 12.1. The van der Waals surface area contributed by atoms with Crippen LogP contribution in [-0.2, 0) is 6.42 Å². The molecule has 1 aromatic carbocycles. The Kier molecular flexibility index (Phi) is 3.43. The molecule has 1 fully saturated rings. The van der Waals surface area contributed by atoms with Crippen molar-refractivity contribution < 1.29 is 0 Å². The Balaban J connectivity index is 1.88. The van der Waals surface area contributed by atoms with Crippen LogP contribution in [0.5, 0.6) is 0 Å². The van der Waals surface area contributed by atoms with Gasteiger partial charge in [0.25, 0.3) is 0 Å². The van der Waals surface area contributed by atoms with E-state index in [2.05, 4.69) is 48.1 Å². The average molecular weight is 267 g/mol. The van der Waals surface area contributed by atoms with Gasteiger partial charge in [0, 0.05) is 23.2 Å². The molecule has 0 bridgehead atoms. The fraction of sp³-hybridized carbons (Fsp3) is 0.412. The molecule has 0 radical (unpaired) electrons. The molecule has 0 spiro atoms. The highest BCUT2D eigenvalue weighted by Crippen LogP contribution is 2.39. The lowest BCUT2D eigenvalue weighted by Gasteiger charge is -2.07. The molecule has 104 valence electrons. The predicted molar refractivity (Wildman–Crippen MR) is 82.4 cm³/mol. The van der Waals surface area contributed by atoms with Gasteiger partial charge < -0.3 is 5.73 Å². The standard InChI is InChI=1S/C17H21N3/c1-11(2)9-12-3-5-14(6-4-12)17-19-15(13-7-8-13)10-16(18)20-17/h3-6,10-11,13H,7-9H2,1-2H3,(H2,18,19,20). The Morgan fingerprint density at radius 2 is 1.85 bits per heavy atom. The van der Waals surface area contributed by atoms with Gasteiger partial charge in [0.15, 0.2) is 5.82 Å². The largest absolute Gasteiger partial charge is 0.384 e. The monoisotopic (exact) mass is 267 g/mol. The first-order chi connectivity index (χ1) is 9.61. The minimum Gasteiger partial charge on any atom is -0.384 e. The van der Waals surface area contributed by atoms with E-state index in [9.17, 15) is 0 Å². The molecule has 0 unspecified atom stereocenters. The van der Waals surface area contributed by atoms with Gasteiger partial charge in [0.1, 0.15) is 5.82 Å². The van der Waals surface area contributed by atoms with Crippen molar-refractivity contribution in [1.29, 1.82) is 0 Å². The smallest absolute Gasteiger partial charge is 0.161 e. The molecule has 20 heavy (non-hydrogen) atoms. The summed E-state index contributed by atoms with van der Waals surface area (Å²) in [6.45, 7) is 4.47. The fourth-order valence-electron chi connectivity index (χ4n) is 2.46. The van der Waals surface area contributed by atoms with Crippen LogP contribution in [0.15, 0.2) is 30.3 Å². The number of nitrogen functional groups attached to an aromatic ring is 1. The molecule has 3 nitrogen and oxygen atoms in total. The van der Waals surface area contributed by atoms with Crippen molar-refractivity contribution in [3.05, 3.63) is 41.6 Å². The van der Waals surface area contributed by atoms with Gasteiger partial charge in [0.2, 0.25) is 0 Å². The summed E-state index contributed by atoms with van der Waals surface area (Å²) >= 11 is 0. The number of nitrogens with two attached hydrogens (primary N) is 1. The van der Waals surface area contributed by atoms with E-state index in [0.717, 1.165) is 23.5 Å². The van der Waals surface area contributed by atoms with E-state index < -0.39 is 0 Å². The van der Waals surface area contributed by atoms with Gasteiger partial charge in [-0.2, -0.15) is 0 Å². The van der Waals surface area contributed by atoms with E-state index in [1.807, 2.05) is 6.07 Å². The molecular formula is C17H21N3. The van der Waals surface area contributed by atoms with Gasteiger partial charge in [-0.25, -0.2) is 9.97 Å². The molecule has 3 rings (SSSR count). The minimum atomic E-state index is 0.572. The van der Waals surface area contributed by atoms with Crippen molar-refractivity contribution in [1.82, 2.24) is 9.97 Å². The summed E-state index contributed by atoms with van der Waals surface area (Å²) in [5, 5.41) is 0. The summed E-state index contributed by atoms with van der Waals surface area (Å²) in [6.07, 6.45) is 3.55. The second-order valence-corrected chi connectivity index (χ2v) is 6.11. The summed E-state index contributed by atoms with van der Waals surface area (Å²) < 4.78 is 0. The molecule has 1 saturated carbocycles. The molecule has 0 amide bonds. The van der Waals surface area contributed by atoms with Crippen molar-refractivity contribution in [3.63, 3.8) is 0 Å². The molecule has 2 N–H and O–H groups in total. The van der Waals surface area contributed by atoms with Crippen molar-refractivity contribution >= 4 is 5.82 Å². The first-order valence-corrected chi connectivity index (χ1v) is 7.35. The minimum absolute atomic E-state index is 0.572. The maximum Gasteiger partial charge on any atom is 0.161 e. The van der Waals surface area contributed by atoms with Crippen LogP contribution < -0.4 is 5.73 Å². The summed E-state index contributed by atoms with van der Waals surface area (Å²) in [6, 6.07) is 10.4. The normalized spacial score (nSPS) is 14.8.